The van der Waals surface area contributed by atoms with E-state index in [1.807, 2.05) is 30.3 Å². The van der Waals surface area contributed by atoms with Crippen molar-refractivity contribution >= 4 is 23.3 Å². The van der Waals surface area contributed by atoms with Gasteiger partial charge in [0.15, 0.2) is 0 Å². The Morgan fingerprint density at radius 3 is 2.64 bits per heavy atom. The highest BCUT2D eigenvalue weighted by Crippen LogP contribution is 2.24. The quantitative estimate of drug-likeness (QED) is 0.837. The fourth-order valence-electron chi connectivity index (χ4n) is 3.19. The molecule has 28 heavy (non-hydrogen) atoms. The molecule has 1 N–H and O–H groups in total. The lowest BCUT2D eigenvalue weighted by Crippen LogP contribution is -2.49. The molecule has 0 spiro atoms. The van der Waals surface area contributed by atoms with Crippen LogP contribution in [-0.4, -0.2) is 43.6 Å². The first-order valence-corrected chi connectivity index (χ1v) is 9.05. The van der Waals surface area contributed by atoms with Crippen molar-refractivity contribution in [2.24, 2.45) is 0 Å². The molecule has 0 bridgehead atoms. The van der Waals surface area contributed by atoms with Crippen LogP contribution in [-0.2, 0) is 16.1 Å². The van der Waals surface area contributed by atoms with Crippen molar-refractivity contribution in [2.45, 2.75) is 13.0 Å². The number of hydrogen-bond acceptors (Lipinski definition) is 4. The van der Waals surface area contributed by atoms with Gasteiger partial charge in [0, 0.05) is 38.1 Å². The van der Waals surface area contributed by atoms with Crippen LogP contribution in [0.4, 0.5) is 16.2 Å². The van der Waals surface area contributed by atoms with Crippen molar-refractivity contribution in [3.8, 4) is 6.07 Å². The lowest BCUT2D eigenvalue weighted by atomic mass is 10.1. The summed E-state index contributed by atoms with van der Waals surface area (Å²) in [6, 6.07) is 16.6. The predicted molar refractivity (Wildman–Crippen MR) is 106 cm³/mol. The minimum absolute atomic E-state index is 0.00844. The fourth-order valence-corrected chi connectivity index (χ4v) is 3.19. The molecule has 3 amide bonds. The molecule has 0 aliphatic carbocycles. The largest absolute Gasteiger partial charge is 0.375 e. The molecule has 0 aromatic heterocycles. The molecule has 1 aliphatic rings. The number of nitrogens with one attached hydrogen (secondary N) is 1. The Hall–Kier alpha value is -3.37. The Morgan fingerprint density at radius 2 is 1.93 bits per heavy atom. The summed E-state index contributed by atoms with van der Waals surface area (Å²) >= 11 is 0. The first-order chi connectivity index (χ1) is 13.6. The zero-order valence-corrected chi connectivity index (χ0v) is 15.7. The maximum atomic E-state index is 13.0. The summed E-state index contributed by atoms with van der Waals surface area (Å²) in [5, 5.41) is 12.0. The van der Waals surface area contributed by atoms with Crippen molar-refractivity contribution in [2.75, 3.05) is 37.0 Å². The second-order valence-corrected chi connectivity index (χ2v) is 6.51. The molecule has 0 unspecified atom stereocenters. The average Bonchev–Trinajstić information content (AvgIpc) is 2.71. The van der Waals surface area contributed by atoms with Crippen LogP contribution < -0.4 is 10.2 Å². The molecule has 7 heteroatoms. The molecule has 7 nitrogen and oxygen atoms in total. The van der Waals surface area contributed by atoms with Gasteiger partial charge in [0.25, 0.3) is 0 Å². The number of ether oxygens (including phenoxy) is 1. The number of carbonyl (C=O) groups excluding carboxylic acids is 2. The van der Waals surface area contributed by atoms with E-state index in [2.05, 4.69) is 11.4 Å². The Labute approximate surface area is 164 Å². The first-order valence-electron chi connectivity index (χ1n) is 9.05. The number of nitriles is 1. The van der Waals surface area contributed by atoms with E-state index in [9.17, 15) is 14.9 Å². The Kier molecular flexibility index (Phi) is 6.25. The maximum Gasteiger partial charge on any atom is 0.324 e. The second kappa shape index (κ2) is 9.02. The van der Waals surface area contributed by atoms with Gasteiger partial charge in [-0.2, -0.15) is 5.26 Å². The van der Waals surface area contributed by atoms with Crippen molar-refractivity contribution in [3.05, 3.63) is 59.7 Å². The molecule has 0 radical (unpaired) electrons. The summed E-state index contributed by atoms with van der Waals surface area (Å²) in [4.78, 5) is 28.0. The normalized spacial score (nSPS) is 13.9. The molecule has 1 heterocycles. The third kappa shape index (κ3) is 4.48. The van der Waals surface area contributed by atoms with E-state index in [0.29, 0.717) is 30.9 Å². The summed E-state index contributed by atoms with van der Waals surface area (Å²) in [5.74, 6) is -0.230. The smallest absolute Gasteiger partial charge is 0.324 e. The van der Waals surface area contributed by atoms with Crippen LogP contribution >= 0.6 is 0 Å². The molecule has 2 aromatic rings. The summed E-state index contributed by atoms with van der Waals surface area (Å²) in [7, 11) is 1.46. The van der Waals surface area contributed by atoms with Crippen LogP contribution in [0.25, 0.3) is 0 Å². The number of urea groups is 1. The van der Waals surface area contributed by atoms with E-state index in [-0.39, 0.29) is 18.5 Å². The highest BCUT2D eigenvalue weighted by Gasteiger charge is 2.27. The Morgan fingerprint density at radius 1 is 1.18 bits per heavy atom. The minimum atomic E-state index is -0.230. The number of amides is 3. The van der Waals surface area contributed by atoms with Gasteiger partial charge >= 0.3 is 6.03 Å². The van der Waals surface area contributed by atoms with Crippen molar-refractivity contribution in [1.82, 2.24) is 4.90 Å². The van der Waals surface area contributed by atoms with Gasteiger partial charge in [-0.05, 0) is 42.3 Å². The second-order valence-electron chi connectivity index (χ2n) is 6.51. The van der Waals surface area contributed by atoms with E-state index < -0.39 is 0 Å². The number of rotatable bonds is 6. The lowest BCUT2D eigenvalue weighted by molar-refractivity contribution is -0.119. The topological polar surface area (TPSA) is 85.7 Å². The lowest BCUT2D eigenvalue weighted by Gasteiger charge is -2.36. The van der Waals surface area contributed by atoms with Gasteiger partial charge in [-0.15, -0.1) is 0 Å². The molecule has 1 fully saturated rings. The van der Waals surface area contributed by atoms with Gasteiger partial charge in [0.05, 0.1) is 11.6 Å². The zero-order chi connectivity index (χ0) is 19.9. The summed E-state index contributed by atoms with van der Waals surface area (Å²) < 4.78 is 4.80. The maximum absolute atomic E-state index is 13.0. The van der Waals surface area contributed by atoms with Crippen LogP contribution in [0.1, 0.15) is 17.5 Å². The van der Waals surface area contributed by atoms with Crippen LogP contribution in [0.2, 0.25) is 0 Å². The molecule has 144 valence electrons. The molecule has 0 atom stereocenters. The van der Waals surface area contributed by atoms with Gasteiger partial charge in [0.1, 0.15) is 6.61 Å². The fraction of sp³-hybridized carbons (Fsp3) is 0.286. The average molecular weight is 378 g/mol. The highest BCUT2D eigenvalue weighted by atomic mass is 16.5. The van der Waals surface area contributed by atoms with Gasteiger partial charge in [0.2, 0.25) is 5.91 Å². The van der Waals surface area contributed by atoms with Crippen LogP contribution in [0.5, 0.6) is 0 Å². The molecule has 2 aromatic carbocycles. The highest BCUT2D eigenvalue weighted by molar-refractivity contribution is 5.94. The molecule has 1 aliphatic heterocycles. The van der Waals surface area contributed by atoms with Crippen LogP contribution in [0.3, 0.4) is 0 Å². The van der Waals surface area contributed by atoms with Crippen molar-refractivity contribution < 1.29 is 14.3 Å². The van der Waals surface area contributed by atoms with Gasteiger partial charge in [-0.3, -0.25) is 9.69 Å². The SMILES string of the molecule is COCC(=O)Nc1ccc(N2CCCN(Cc3ccccc3C#N)C2=O)cc1. The molecular weight excluding hydrogens is 356 g/mol. The zero-order valence-electron chi connectivity index (χ0n) is 15.7. The van der Waals surface area contributed by atoms with E-state index in [0.717, 1.165) is 17.7 Å². The molecule has 1 saturated heterocycles. The first kappa shape index (κ1) is 19.4. The van der Waals surface area contributed by atoms with Gasteiger partial charge < -0.3 is 15.0 Å². The van der Waals surface area contributed by atoms with Crippen LogP contribution in [0, 0.1) is 11.3 Å². The molecule has 3 rings (SSSR count). The molecule has 0 saturated carbocycles. The Bertz CT molecular complexity index is 889. The van der Waals surface area contributed by atoms with E-state index in [1.54, 1.807) is 28.0 Å². The third-order valence-corrected chi connectivity index (χ3v) is 4.55. The van der Waals surface area contributed by atoms with Crippen molar-refractivity contribution in [1.29, 1.82) is 5.26 Å². The Balaban J connectivity index is 1.70. The number of benzene rings is 2. The predicted octanol–water partition coefficient (Wildman–Crippen LogP) is 2.98. The summed E-state index contributed by atoms with van der Waals surface area (Å²) in [6.45, 7) is 1.68. The minimum Gasteiger partial charge on any atom is -0.375 e. The van der Waals surface area contributed by atoms with Gasteiger partial charge in [-0.25, -0.2) is 4.79 Å². The monoisotopic (exact) mass is 378 g/mol. The molecular formula is C21H22N4O3. The van der Waals surface area contributed by atoms with E-state index in [1.165, 1.54) is 7.11 Å². The van der Waals surface area contributed by atoms with E-state index in [4.69, 9.17) is 4.74 Å². The van der Waals surface area contributed by atoms with Gasteiger partial charge in [-0.1, -0.05) is 18.2 Å². The number of nitrogens with zero attached hydrogens (tertiary/aromatic N) is 3. The standard InChI is InChI=1S/C21H22N4O3/c1-28-15-20(26)23-18-7-9-19(10-8-18)25-12-4-11-24(21(25)27)14-17-6-3-2-5-16(17)13-22/h2-3,5-10H,4,11-12,14-15H2,1H3,(H,23,26). The number of carbonyl (C=O) groups is 2. The summed E-state index contributed by atoms with van der Waals surface area (Å²) in [6.07, 6.45) is 0.840. The third-order valence-electron chi connectivity index (χ3n) is 4.55. The number of methoxy groups -OCH3 is 1. The van der Waals surface area contributed by atoms with E-state index >= 15 is 0 Å². The number of anilines is 2. The van der Waals surface area contributed by atoms with Crippen LogP contribution in [0.15, 0.2) is 48.5 Å². The van der Waals surface area contributed by atoms with Crippen molar-refractivity contribution in [3.63, 3.8) is 0 Å². The summed E-state index contributed by atoms with van der Waals surface area (Å²) in [5.41, 5.74) is 2.85. The number of hydrogen-bond donors (Lipinski definition) is 1.